The van der Waals surface area contributed by atoms with Crippen LogP contribution in [0.3, 0.4) is 0 Å². The Bertz CT molecular complexity index is 748. The van der Waals surface area contributed by atoms with E-state index in [4.69, 9.17) is 22.1 Å². The van der Waals surface area contributed by atoms with Gasteiger partial charge in [0.05, 0.1) is 22.7 Å². The van der Waals surface area contributed by atoms with Gasteiger partial charge < -0.3 is 10.5 Å². The van der Waals surface area contributed by atoms with Crippen molar-refractivity contribution in [3.05, 3.63) is 53.1 Å². The Morgan fingerprint density at radius 1 is 1.24 bits per heavy atom. The molecule has 3 N–H and O–H groups in total. The highest BCUT2D eigenvalue weighted by Crippen LogP contribution is 2.26. The zero-order chi connectivity index (χ0) is 15.5. The normalized spacial score (nSPS) is 11.2. The number of benzene rings is 2. The quantitative estimate of drug-likeness (QED) is 0.885. The van der Waals surface area contributed by atoms with Crippen LogP contribution < -0.4 is 15.2 Å². The average molecular weight is 327 g/mol. The first-order valence-corrected chi connectivity index (χ1v) is 7.98. The van der Waals surface area contributed by atoms with Crippen molar-refractivity contribution in [3.63, 3.8) is 0 Å². The zero-order valence-electron chi connectivity index (χ0n) is 11.3. The number of nitrogens with two attached hydrogens (primary N) is 1. The Balaban J connectivity index is 2.38. The lowest BCUT2D eigenvalue weighted by molar-refractivity contribution is 0.409. The van der Waals surface area contributed by atoms with Crippen molar-refractivity contribution in [2.24, 2.45) is 5.73 Å². The molecule has 2 rings (SSSR count). The van der Waals surface area contributed by atoms with Gasteiger partial charge in [-0.05, 0) is 30.3 Å². The molecule has 2 aromatic rings. The predicted molar refractivity (Wildman–Crippen MR) is 83.1 cm³/mol. The van der Waals surface area contributed by atoms with Gasteiger partial charge in [-0.2, -0.15) is 0 Å². The molecular weight excluding hydrogens is 312 g/mol. The Kier molecular flexibility index (Phi) is 4.72. The third-order valence-corrected chi connectivity index (χ3v) is 4.59. The van der Waals surface area contributed by atoms with E-state index in [2.05, 4.69) is 4.72 Å². The summed E-state index contributed by atoms with van der Waals surface area (Å²) in [6, 6.07) is 11.1. The molecule has 0 aliphatic rings. The Morgan fingerprint density at radius 3 is 2.57 bits per heavy atom. The fraction of sp³-hybridized carbons (Fsp3) is 0.143. The van der Waals surface area contributed by atoms with Crippen LogP contribution in [0.2, 0.25) is 5.02 Å². The Labute approximate surface area is 128 Å². The molecule has 0 spiro atoms. The smallest absolute Gasteiger partial charge is 0.261 e. The van der Waals surface area contributed by atoms with Crippen LogP contribution in [0.5, 0.6) is 5.75 Å². The van der Waals surface area contributed by atoms with E-state index in [-0.39, 0.29) is 11.4 Å². The Hall–Kier alpha value is -1.76. The molecule has 0 atom stereocenters. The molecule has 0 saturated heterocycles. The minimum atomic E-state index is -3.74. The number of halogens is 1. The Morgan fingerprint density at radius 2 is 1.95 bits per heavy atom. The number of hydrogen-bond donors (Lipinski definition) is 2. The lowest BCUT2D eigenvalue weighted by atomic mass is 10.2. The topological polar surface area (TPSA) is 81.4 Å². The van der Waals surface area contributed by atoms with E-state index in [1.165, 1.54) is 19.2 Å². The molecule has 0 heterocycles. The molecule has 112 valence electrons. The third kappa shape index (κ3) is 3.47. The van der Waals surface area contributed by atoms with Crippen LogP contribution >= 0.6 is 11.6 Å². The zero-order valence-corrected chi connectivity index (χ0v) is 12.9. The number of sulfonamides is 1. The van der Waals surface area contributed by atoms with E-state index in [1.807, 2.05) is 0 Å². The lowest BCUT2D eigenvalue weighted by Gasteiger charge is -2.12. The van der Waals surface area contributed by atoms with E-state index in [0.717, 1.165) is 0 Å². The highest BCUT2D eigenvalue weighted by Gasteiger charge is 2.17. The number of rotatable bonds is 5. The van der Waals surface area contributed by atoms with Crippen molar-refractivity contribution in [2.45, 2.75) is 11.4 Å². The van der Waals surface area contributed by atoms with Gasteiger partial charge in [-0.1, -0.05) is 23.7 Å². The van der Waals surface area contributed by atoms with Crippen LogP contribution in [0.15, 0.2) is 47.4 Å². The molecule has 0 bridgehead atoms. The number of nitrogens with one attached hydrogen (secondary N) is 1. The summed E-state index contributed by atoms with van der Waals surface area (Å²) >= 11 is 5.96. The van der Waals surface area contributed by atoms with Gasteiger partial charge >= 0.3 is 0 Å². The van der Waals surface area contributed by atoms with Gasteiger partial charge in [-0.15, -0.1) is 0 Å². The van der Waals surface area contributed by atoms with E-state index in [1.54, 1.807) is 30.3 Å². The summed E-state index contributed by atoms with van der Waals surface area (Å²) in [6.45, 7) is 0.179. The van der Waals surface area contributed by atoms with E-state index in [9.17, 15) is 8.42 Å². The van der Waals surface area contributed by atoms with E-state index in [0.29, 0.717) is 22.0 Å². The molecule has 0 aromatic heterocycles. The monoisotopic (exact) mass is 326 g/mol. The highest BCUT2D eigenvalue weighted by atomic mass is 35.5. The SMILES string of the molecule is COc1ccc(S(=O)(=O)Nc2ccccc2Cl)cc1CN. The molecule has 2 aromatic carbocycles. The number of methoxy groups -OCH3 is 1. The molecule has 0 radical (unpaired) electrons. The van der Waals surface area contributed by atoms with Crippen LogP contribution in [0.4, 0.5) is 5.69 Å². The van der Waals surface area contributed by atoms with E-state index < -0.39 is 10.0 Å². The summed E-state index contributed by atoms with van der Waals surface area (Å²) in [7, 11) is -2.23. The second kappa shape index (κ2) is 6.34. The fourth-order valence-corrected chi connectivity index (χ4v) is 3.20. The molecular formula is C14H15ClN2O3S. The van der Waals surface area contributed by atoms with Crippen LogP contribution in [-0.2, 0) is 16.6 Å². The van der Waals surface area contributed by atoms with Crippen LogP contribution in [-0.4, -0.2) is 15.5 Å². The van der Waals surface area contributed by atoms with Gasteiger partial charge in [0.15, 0.2) is 0 Å². The summed E-state index contributed by atoms with van der Waals surface area (Å²) in [4.78, 5) is 0.101. The maximum atomic E-state index is 12.4. The van der Waals surface area contributed by atoms with Crippen molar-refractivity contribution >= 4 is 27.3 Å². The van der Waals surface area contributed by atoms with Gasteiger partial charge in [-0.3, -0.25) is 4.72 Å². The summed E-state index contributed by atoms with van der Waals surface area (Å²) < 4.78 is 32.3. The van der Waals surface area contributed by atoms with Crippen LogP contribution in [0.1, 0.15) is 5.56 Å². The molecule has 0 aliphatic heterocycles. The second-order valence-corrected chi connectivity index (χ2v) is 6.35. The molecule has 0 unspecified atom stereocenters. The molecule has 0 amide bonds. The minimum Gasteiger partial charge on any atom is -0.496 e. The largest absolute Gasteiger partial charge is 0.496 e. The first-order chi connectivity index (χ1) is 9.97. The van der Waals surface area contributed by atoms with Crippen LogP contribution in [0, 0.1) is 0 Å². The molecule has 5 nitrogen and oxygen atoms in total. The first kappa shape index (κ1) is 15.6. The summed E-state index contributed by atoms with van der Waals surface area (Å²) in [5, 5.41) is 0.327. The first-order valence-electron chi connectivity index (χ1n) is 6.12. The van der Waals surface area contributed by atoms with E-state index >= 15 is 0 Å². The summed E-state index contributed by atoms with van der Waals surface area (Å²) in [6.07, 6.45) is 0. The van der Waals surface area contributed by atoms with Crippen molar-refractivity contribution in [1.82, 2.24) is 0 Å². The average Bonchev–Trinajstić information content (AvgIpc) is 2.48. The molecule has 21 heavy (non-hydrogen) atoms. The van der Waals surface area contributed by atoms with Gasteiger partial charge in [-0.25, -0.2) is 8.42 Å². The molecule has 0 fully saturated rings. The maximum Gasteiger partial charge on any atom is 0.261 e. The lowest BCUT2D eigenvalue weighted by Crippen LogP contribution is -2.14. The third-order valence-electron chi connectivity index (χ3n) is 2.90. The van der Waals surface area contributed by atoms with Gasteiger partial charge in [0.2, 0.25) is 0 Å². The standard InChI is InChI=1S/C14H15ClN2O3S/c1-20-14-7-6-11(8-10(14)9-16)21(18,19)17-13-5-3-2-4-12(13)15/h2-8,17H,9,16H2,1H3. The summed E-state index contributed by atoms with van der Waals surface area (Å²) in [5.74, 6) is 0.550. The number of para-hydroxylation sites is 1. The van der Waals surface area contributed by atoms with Crippen molar-refractivity contribution in [3.8, 4) is 5.75 Å². The molecule has 0 saturated carbocycles. The maximum absolute atomic E-state index is 12.4. The second-order valence-electron chi connectivity index (χ2n) is 4.26. The number of hydrogen-bond acceptors (Lipinski definition) is 4. The molecule has 0 aliphatic carbocycles. The van der Waals surface area contributed by atoms with Crippen molar-refractivity contribution < 1.29 is 13.2 Å². The summed E-state index contributed by atoms with van der Waals surface area (Å²) in [5.41, 5.74) is 6.53. The van der Waals surface area contributed by atoms with Crippen molar-refractivity contribution in [2.75, 3.05) is 11.8 Å². The highest BCUT2D eigenvalue weighted by molar-refractivity contribution is 7.92. The number of anilines is 1. The molecule has 7 heteroatoms. The van der Waals surface area contributed by atoms with Gasteiger partial charge in [0.1, 0.15) is 5.75 Å². The van der Waals surface area contributed by atoms with Crippen molar-refractivity contribution in [1.29, 1.82) is 0 Å². The number of ether oxygens (including phenoxy) is 1. The van der Waals surface area contributed by atoms with Gasteiger partial charge in [0.25, 0.3) is 10.0 Å². The predicted octanol–water partition coefficient (Wildman–Crippen LogP) is 2.61. The fourth-order valence-electron chi connectivity index (χ4n) is 1.83. The van der Waals surface area contributed by atoms with Gasteiger partial charge in [0, 0.05) is 12.1 Å². The minimum absolute atomic E-state index is 0.101. The van der Waals surface area contributed by atoms with Crippen LogP contribution in [0.25, 0.3) is 0 Å².